The third-order valence-corrected chi connectivity index (χ3v) is 4.88. The molecule has 126 valence electrons. The quantitative estimate of drug-likeness (QED) is 0.671. The lowest BCUT2D eigenvalue weighted by Crippen LogP contribution is -2.23. The van der Waals surface area contributed by atoms with Gasteiger partial charge in [0.15, 0.2) is 0 Å². The van der Waals surface area contributed by atoms with Gasteiger partial charge in [0, 0.05) is 29.6 Å². The molecule has 4 rings (SSSR count). The molecule has 2 heterocycles. The van der Waals surface area contributed by atoms with Gasteiger partial charge in [-0.2, -0.15) is 0 Å². The summed E-state index contributed by atoms with van der Waals surface area (Å²) in [6, 6.07) is 17.9. The van der Waals surface area contributed by atoms with Crippen LogP contribution in [-0.2, 0) is 4.79 Å². The molecule has 0 spiro atoms. The number of hydrogen-bond donors (Lipinski definition) is 2. The van der Waals surface area contributed by atoms with E-state index in [0.717, 1.165) is 40.7 Å². The molecule has 25 heavy (non-hydrogen) atoms. The van der Waals surface area contributed by atoms with Crippen LogP contribution in [0.4, 0.5) is 16.5 Å². The summed E-state index contributed by atoms with van der Waals surface area (Å²) in [4.78, 5) is 18.4. The molecule has 1 amide bonds. The van der Waals surface area contributed by atoms with E-state index in [4.69, 9.17) is 0 Å². The maximum atomic E-state index is 11.9. The molecule has 3 aromatic rings. The minimum absolute atomic E-state index is 0.199. The third kappa shape index (κ3) is 3.49. The fourth-order valence-electron chi connectivity index (χ4n) is 2.87. The Bertz CT molecular complexity index is 878. The van der Waals surface area contributed by atoms with E-state index in [2.05, 4.69) is 15.8 Å². The number of carbonyl (C=O) groups is 1. The zero-order valence-corrected chi connectivity index (χ0v) is 14.4. The van der Waals surface area contributed by atoms with E-state index in [-0.39, 0.29) is 5.91 Å². The van der Waals surface area contributed by atoms with Crippen molar-refractivity contribution in [1.29, 1.82) is 0 Å². The number of anilines is 3. The van der Waals surface area contributed by atoms with Gasteiger partial charge in [-0.3, -0.25) is 15.6 Å². The highest BCUT2D eigenvalue weighted by Crippen LogP contribution is 2.29. The normalized spacial score (nSPS) is 13.9. The molecule has 2 N–H and O–H groups in total. The lowest BCUT2D eigenvalue weighted by molar-refractivity contribution is -0.117. The molecule has 0 unspecified atom stereocenters. The molecule has 5 nitrogen and oxygen atoms in total. The number of aromatic nitrogens is 1. The largest absolute Gasteiger partial charge is 0.312 e. The molecule has 6 heteroatoms. The summed E-state index contributed by atoms with van der Waals surface area (Å²) < 4.78 is 0. The van der Waals surface area contributed by atoms with Gasteiger partial charge in [0.05, 0.1) is 11.4 Å². The highest BCUT2D eigenvalue weighted by Gasteiger charge is 2.21. The number of rotatable bonds is 5. The molecule has 1 aliphatic rings. The van der Waals surface area contributed by atoms with E-state index in [1.807, 2.05) is 64.9 Å². The number of benzene rings is 2. The summed E-state index contributed by atoms with van der Waals surface area (Å²) in [7, 11) is 0. The minimum atomic E-state index is 0.199. The summed E-state index contributed by atoms with van der Waals surface area (Å²) in [5.41, 5.74) is 10.1. The monoisotopic (exact) mass is 350 g/mol. The number of carbonyl (C=O) groups excluding carboxylic acids is 1. The van der Waals surface area contributed by atoms with Gasteiger partial charge >= 0.3 is 0 Å². The van der Waals surface area contributed by atoms with Crippen LogP contribution in [0.2, 0.25) is 0 Å². The predicted octanol–water partition coefficient (Wildman–Crippen LogP) is 4.38. The number of hydrogen-bond acceptors (Lipinski definition) is 5. The minimum Gasteiger partial charge on any atom is -0.312 e. The second-order valence-electron chi connectivity index (χ2n) is 5.85. The van der Waals surface area contributed by atoms with E-state index in [0.29, 0.717) is 6.42 Å². The van der Waals surface area contributed by atoms with Gasteiger partial charge in [0.25, 0.3) is 0 Å². The summed E-state index contributed by atoms with van der Waals surface area (Å²) in [5, 5.41) is 2.81. The number of thiazole rings is 1. The molecule has 1 fully saturated rings. The molecule has 0 saturated carbocycles. The summed E-state index contributed by atoms with van der Waals surface area (Å²) >= 11 is 1.54. The van der Waals surface area contributed by atoms with Crippen molar-refractivity contribution in [2.24, 2.45) is 0 Å². The molecule has 0 bridgehead atoms. The fourth-order valence-corrected chi connectivity index (χ4v) is 3.54. The average molecular weight is 350 g/mol. The summed E-state index contributed by atoms with van der Waals surface area (Å²) in [6.07, 6.45) is 1.57. The van der Waals surface area contributed by atoms with Gasteiger partial charge in [-0.05, 0) is 30.7 Å². The van der Waals surface area contributed by atoms with Crippen molar-refractivity contribution in [3.8, 4) is 11.3 Å². The van der Waals surface area contributed by atoms with Crippen LogP contribution in [0.5, 0.6) is 0 Å². The Morgan fingerprint density at radius 1 is 1.04 bits per heavy atom. The van der Waals surface area contributed by atoms with Crippen LogP contribution in [0.1, 0.15) is 12.8 Å². The van der Waals surface area contributed by atoms with Crippen molar-refractivity contribution in [1.82, 2.24) is 4.98 Å². The average Bonchev–Trinajstić information content (AvgIpc) is 3.30. The Morgan fingerprint density at radius 3 is 2.72 bits per heavy atom. The molecular formula is C19H18N4OS. The van der Waals surface area contributed by atoms with E-state index in [9.17, 15) is 4.79 Å². The first-order valence-electron chi connectivity index (χ1n) is 8.23. The highest BCUT2D eigenvalue weighted by atomic mass is 32.1. The van der Waals surface area contributed by atoms with Gasteiger partial charge in [-0.15, -0.1) is 11.3 Å². The van der Waals surface area contributed by atoms with Crippen molar-refractivity contribution in [2.45, 2.75) is 12.8 Å². The first-order valence-corrected chi connectivity index (χ1v) is 9.11. The summed E-state index contributed by atoms with van der Waals surface area (Å²) in [6.45, 7) is 0.799. The van der Waals surface area contributed by atoms with E-state index >= 15 is 0 Å². The predicted molar refractivity (Wildman–Crippen MR) is 103 cm³/mol. The van der Waals surface area contributed by atoms with Gasteiger partial charge < -0.3 is 4.90 Å². The van der Waals surface area contributed by atoms with Crippen LogP contribution < -0.4 is 15.8 Å². The topological polar surface area (TPSA) is 57.3 Å². The zero-order chi connectivity index (χ0) is 17.1. The van der Waals surface area contributed by atoms with Crippen molar-refractivity contribution >= 4 is 33.8 Å². The zero-order valence-electron chi connectivity index (χ0n) is 13.6. The van der Waals surface area contributed by atoms with Gasteiger partial charge in [-0.25, -0.2) is 4.98 Å². The lowest BCUT2D eigenvalue weighted by atomic mass is 10.1. The smallest absolute Gasteiger partial charge is 0.227 e. The molecule has 1 saturated heterocycles. The Kier molecular flexibility index (Phi) is 4.35. The number of para-hydroxylation sites is 1. The Labute approximate surface area is 150 Å². The third-order valence-electron chi connectivity index (χ3n) is 4.12. The highest BCUT2D eigenvalue weighted by molar-refractivity contribution is 7.14. The van der Waals surface area contributed by atoms with Crippen LogP contribution >= 0.6 is 11.3 Å². The maximum Gasteiger partial charge on any atom is 0.227 e. The van der Waals surface area contributed by atoms with Gasteiger partial charge in [0.2, 0.25) is 11.0 Å². The number of hydrazine groups is 1. The first kappa shape index (κ1) is 15.7. The summed E-state index contributed by atoms with van der Waals surface area (Å²) in [5.74, 6) is 0.199. The molecule has 0 radical (unpaired) electrons. The van der Waals surface area contributed by atoms with Gasteiger partial charge in [-0.1, -0.05) is 30.3 Å². The molecule has 0 aliphatic carbocycles. The van der Waals surface area contributed by atoms with Crippen LogP contribution in [0, 0.1) is 0 Å². The lowest BCUT2D eigenvalue weighted by Gasteiger charge is -2.16. The number of nitrogens with zero attached hydrogens (tertiary/aromatic N) is 2. The van der Waals surface area contributed by atoms with Crippen LogP contribution in [-0.4, -0.2) is 17.4 Å². The molecule has 1 aliphatic heterocycles. The Hall–Kier alpha value is -2.86. The van der Waals surface area contributed by atoms with E-state index in [1.54, 1.807) is 0 Å². The van der Waals surface area contributed by atoms with Crippen LogP contribution in [0.25, 0.3) is 11.3 Å². The maximum absolute atomic E-state index is 11.9. The van der Waals surface area contributed by atoms with Crippen molar-refractivity contribution in [3.05, 3.63) is 60.0 Å². The molecule has 1 aromatic heterocycles. The van der Waals surface area contributed by atoms with Gasteiger partial charge in [0.1, 0.15) is 0 Å². The van der Waals surface area contributed by atoms with E-state index < -0.39 is 0 Å². The van der Waals surface area contributed by atoms with Crippen molar-refractivity contribution in [2.75, 3.05) is 22.3 Å². The number of nitrogens with one attached hydrogen (secondary N) is 2. The fraction of sp³-hybridized carbons (Fsp3) is 0.158. The van der Waals surface area contributed by atoms with E-state index in [1.165, 1.54) is 11.3 Å². The molecular weight excluding hydrogens is 332 g/mol. The second kappa shape index (κ2) is 6.94. The SMILES string of the molecule is O=C1CCCN1c1cccc(-c2csc(NNc3ccccc3)n2)c1. The van der Waals surface area contributed by atoms with Crippen molar-refractivity contribution < 1.29 is 4.79 Å². The van der Waals surface area contributed by atoms with Crippen LogP contribution in [0.15, 0.2) is 60.0 Å². The first-order chi connectivity index (χ1) is 12.3. The Balaban J connectivity index is 1.49. The molecule has 2 aromatic carbocycles. The molecule has 0 atom stereocenters. The Morgan fingerprint density at radius 2 is 1.92 bits per heavy atom. The van der Waals surface area contributed by atoms with Crippen molar-refractivity contribution in [3.63, 3.8) is 0 Å². The number of amides is 1. The van der Waals surface area contributed by atoms with Crippen LogP contribution in [0.3, 0.4) is 0 Å². The standard InChI is InChI=1S/C19H18N4OS/c24-18-10-5-11-23(18)16-9-4-6-14(12-16)17-13-25-19(20-17)22-21-15-7-2-1-3-8-15/h1-4,6-9,12-13,21H,5,10-11H2,(H,20,22). The second-order valence-corrected chi connectivity index (χ2v) is 6.71.